The SMILES string of the molecule is O[C@H]1[C@H](O)C=CC[C@H]1N(Cc1ccccc1)Cc1ccccc1. The number of benzene rings is 2. The maximum Gasteiger partial charge on any atom is 0.0995 e. The quantitative estimate of drug-likeness (QED) is 0.835. The zero-order valence-corrected chi connectivity index (χ0v) is 13.1. The van der Waals surface area contributed by atoms with Gasteiger partial charge in [0.1, 0.15) is 0 Å². The first-order valence-electron chi connectivity index (χ1n) is 8.09. The first kappa shape index (κ1) is 15.9. The van der Waals surface area contributed by atoms with Gasteiger partial charge in [-0.05, 0) is 17.5 Å². The summed E-state index contributed by atoms with van der Waals surface area (Å²) in [5.41, 5.74) is 2.42. The number of rotatable bonds is 5. The standard InChI is InChI=1S/C20H23NO2/c22-19-13-7-12-18(20(19)23)21(14-16-8-3-1-4-9-16)15-17-10-5-2-6-11-17/h1-11,13,18-20,22-23H,12,14-15H2/t18-,19-,20-/m1/s1. The summed E-state index contributed by atoms with van der Waals surface area (Å²) in [7, 11) is 0. The minimum Gasteiger partial charge on any atom is -0.388 e. The maximum absolute atomic E-state index is 10.4. The molecule has 0 fully saturated rings. The van der Waals surface area contributed by atoms with E-state index in [-0.39, 0.29) is 6.04 Å². The highest BCUT2D eigenvalue weighted by atomic mass is 16.3. The van der Waals surface area contributed by atoms with Crippen molar-refractivity contribution in [3.8, 4) is 0 Å². The van der Waals surface area contributed by atoms with E-state index in [2.05, 4.69) is 29.2 Å². The highest BCUT2D eigenvalue weighted by Gasteiger charge is 2.31. The first-order valence-corrected chi connectivity index (χ1v) is 8.09. The van der Waals surface area contributed by atoms with Crippen LogP contribution >= 0.6 is 0 Å². The van der Waals surface area contributed by atoms with Crippen molar-refractivity contribution >= 4 is 0 Å². The fourth-order valence-corrected chi connectivity index (χ4v) is 3.13. The van der Waals surface area contributed by atoms with Crippen molar-refractivity contribution < 1.29 is 10.2 Å². The van der Waals surface area contributed by atoms with Crippen LogP contribution in [-0.4, -0.2) is 33.4 Å². The molecule has 0 saturated heterocycles. The molecule has 0 unspecified atom stereocenters. The molecule has 2 N–H and O–H groups in total. The maximum atomic E-state index is 10.4. The lowest BCUT2D eigenvalue weighted by molar-refractivity contribution is -0.0294. The van der Waals surface area contributed by atoms with Gasteiger partial charge in [0.05, 0.1) is 12.2 Å². The summed E-state index contributed by atoms with van der Waals surface area (Å²) in [4.78, 5) is 2.25. The fraction of sp³-hybridized carbons (Fsp3) is 0.300. The topological polar surface area (TPSA) is 43.7 Å². The van der Waals surface area contributed by atoms with Crippen molar-refractivity contribution in [3.63, 3.8) is 0 Å². The van der Waals surface area contributed by atoms with E-state index in [0.29, 0.717) is 0 Å². The van der Waals surface area contributed by atoms with Crippen LogP contribution in [0.3, 0.4) is 0 Å². The van der Waals surface area contributed by atoms with Crippen molar-refractivity contribution in [2.75, 3.05) is 0 Å². The second-order valence-electron chi connectivity index (χ2n) is 6.09. The summed E-state index contributed by atoms with van der Waals surface area (Å²) in [5.74, 6) is 0. The Morgan fingerprint density at radius 3 is 1.87 bits per heavy atom. The summed E-state index contributed by atoms with van der Waals surface area (Å²) < 4.78 is 0. The van der Waals surface area contributed by atoms with Crippen LogP contribution in [0.25, 0.3) is 0 Å². The molecule has 0 heterocycles. The average molecular weight is 309 g/mol. The molecule has 3 atom stereocenters. The van der Waals surface area contributed by atoms with E-state index in [1.165, 1.54) is 11.1 Å². The Bertz CT molecular complexity index is 585. The lowest BCUT2D eigenvalue weighted by atomic mass is 9.93. The van der Waals surface area contributed by atoms with E-state index >= 15 is 0 Å². The van der Waals surface area contributed by atoms with Gasteiger partial charge in [-0.25, -0.2) is 0 Å². The Balaban J connectivity index is 1.82. The third-order valence-corrected chi connectivity index (χ3v) is 4.38. The molecule has 1 aliphatic carbocycles. The van der Waals surface area contributed by atoms with Gasteiger partial charge in [-0.1, -0.05) is 72.8 Å². The number of hydrogen-bond acceptors (Lipinski definition) is 3. The van der Waals surface area contributed by atoms with E-state index < -0.39 is 12.2 Å². The zero-order valence-electron chi connectivity index (χ0n) is 13.1. The minimum atomic E-state index is -0.789. The Hall–Kier alpha value is -1.94. The molecular weight excluding hydrogens is 286 g/mol. The van der Waals surface area contributed by atoms with Gasteiger partial charge < -0.3 is 10.2 Å². The van der Waals surface area contributed by atoms with Gasteiger partial charge in [0.15, 0.2) is 0 Å². The monoisotopic (exact) mass is 309 g/mol. The van der Waals surface area contributed by atoms with Crippen LogP contribution in [0.1, 0.15) is 17.5 Å². The fourth-order valence-electron chi connectivity index (χ4n) is 3.13. The second kappa shape index (κ2) is 7.55. The highest BCUT2D eigenvalue weighted by molar-refractivity contribution is 5.18. The molecule has 0 saturated carbocycles. The highest BCUT2D eigenvalue weighted by Crippen LogP contribution is 2.23. The van der Waals surface area contributed by atoms with Crippen molar-refractivity contribution in [2.45, 2.75) is 37.8 Å². The normalized spacial score (nSPS) is 24.0. The van der Waals surface area contributed by atoms with Gasteiger partial charge >= 0.3 is 0 Å². The van der Waals surface area contributed by atoms with Crippen LogP contribution in [0.15, 0.2) is 72.8 Å². The third-order valence-electron chi connectivity index (χ3n) is 4.38. The summed E-state index contributed by atoms with van der Waals surface area (Å²) in [5, 5.41) is 20.4. The molecule has 2 aromatic carbocycles. The van der Waals surface area contributed by atoms with Crippen LogP contribution in [0.5, 0.6) is 0 Å². The number of hydrogen-bond donors (Lipinski definition) is 2. The molecule has 3 heteroatoms. The van der Waals surface area contributed by atoms with Crippen molar-refractivity contribution in [1.82, 2.24) is 4.90 Å². The number of nitrogens with zero attached hydrogens (tertiary/aromatic N) is 1. The Kier molecular flexibility index (Phi) is 5.23. The smallest absolute Gasteiger partial charge is 0.0995 e. The molecule has 0 aliphatic heterocycles. The molecule has 23 heavy (non-hydrogen) atoms. The van der Waals surface area contributed by atoms with E-state index in [4.69, 9.17) is 0 Å². The Morgan fingerprint density at radius 2 is 1.35 bits per heavy atom. The van der Waals surface area contributed by atoms with Gasteiger partial charge in [-0.3, -0.25) is 4.90 Å². The van der Waals surface area contributed by atoms with E-state index in [9.17, 15) is 10.2 Å². The van der Waals surface area contributed by atoms with E-state index in [1.54, 1.807) is 6.08 Å². The molecule has 2 aromatic rings. The van der Waals surface area contributed by atoms with E-state index in [0.717, 1.165) is 19.5 Å². The molecular formula is C20H23NO2. The lowest BCUT2D eigenvalue weighted by Crippen LogP contribution is -2.49. The van der Waals surface area contributed by atoms with Crippen LogP contribution in [0, 0.1) is 0 Å². The largest absolute Gasteiger partial charge is 0.388 e. The van der Waals surface area contributed by atoms with Crippen LogP contribution in [-0.2, 0) is 13.1 Å². The Labute approximate surface area is 137 Å². The predicted molar refractivity (Wildman–Crippen MR) is 91.7 cm³/mol. The number of aliphatic hydroxyl groups is 2. The molecule has 120 valence electrons. The third kappa shape index (κ3) is 4.08. The zero-order chi connectivity index (χ0) is 16.1. The molecule has 0 amide bonds. The van der Waals surface area contributed by atoms with Crippen LogP contribution in [0.2, 0.25) is 0 Å². The molecule has 0 radical (unpaired) electrons. The van der Waals surface area contributed by atoms with Crippen LogP contribution < -0.4 is 0 Å². The summed E-state index contributed by atoms with van der Waals surface area (Å²) in [6, 6.07) is 20.4. The van der Waals surface area contributed by atoms with Crippen molar-refractivity contribution in [2.24, 2.45) is 0 Å². The molecule has 3 nitrogen and oxygen atoms in total. The van der Waals surface area contributed by atoms with Gasteiger partial charge in [0.2, 0.25) is 0 Å². The van der Waals surface area contributed by atoms with Gasteiger partial charge in [0, 0.05) is 19.1 Å². The average Bonchev–Trinajstić information content (AvgIpc) is 2.59. The summed E-state index contributed by atoms with van der Waals surface area (Å²) in [6.07, 6.45) is 2.85. The van der Waals surface area contributed by atoms with Gasteiger partial charge in [-0.2, -0.15) is 0 Å². The Morgan fingerprint density at radius 1 is 0.826 bits per heavy atom. The summed E-state index contributed by atoms with van der Waals surface area (Å²) in [6.45, 7) is 1.50. The second-order valence-corrected chi connectivity index (χ2v) is 6.09. The van der Waals surface area contributed by atoms with Crippen molar-refractivity contribution in [3.05, 3.63) is 83.9 Å². The van der Waals surface area contributed by atoms with Gasteiger partial charge in [0.25, 0.3) is 0 Å². The molecule has 0 spiro atoms. The number of aliphatic hydroxyl groups excluding tert-OH is 2. The molecule has 0 aromatic heterocycles. The lowest BCUT2D eigenvalue weighted by Gasteiger charge is -2.37. The van der Waals surface area contributed by atoms with E-state index in [1.807, 2.05) is 42.5 Å². The predicted octanol–water partition coefficient (Wildman–Crippen LogP) is 2.74. The van der Waals surface area contributed by atoms with Crippen LogP contribution in [0.4, 0.5) is 0 Å². The van der Waals surface area contributed by atoms with Gasteiger partial charge in [-0.15, -0.1) is 0 Å². The molecule has 3 rings (SSSR count). The molecule has 1 aliphatic rings. The minimum absolute atomic E-state index is 0.0876. The summed E-state index contributed by atoms with van der Waals surface area (Å²) >= 11 is 0. The first-order chi connectivity index (χ1) is 11.2. The molecule has 0 bridgehead atoms. The van der Waals surface area contributed by atoms with Crippen molar-refractivity contribution in [1.29, 1.82) is 0 Å².